The monoisotopic (exact) mass is 246 g/mol. The number of aliphatic hydroxyl groups excluding tert-OH is 1. The molecule has 1 aromatic carbocycles. The number of ether oxygens (including phenoxy) is 1. The first-order valence-corrected chi connectivity index (χ1v) is 5.72. The third-order valence-corrected chi connectivity index (χ3v) is 2.76. The summed E-state index contributed by atoms with van der Waals surface area (Å²) in [5, 5.41) is 10.4. The van der Waals surface area contributed by atoms with Crippen molar-refractivity contribution in [2.24, 2.45) is 0 Å². The van der Waals surface area contributed by atoms with Crippen LogP contribution in [0.25, 0.3) is 0 Å². The van der Waals surface area contributed by atoms with E-state index >= 15 is 0 Å². The van der Waals surface area contributed by atoms with Crippen LogP contribution in [0.4, 0.5) is 4.39 Å². The normalized spacial score (nSPS) is 14.8. The number of hydrogen-bond acceptors (Lipinski definition) is 2. The third-order valence-electron chi connectivity index (χ3n) is 2.41. The lowest BCUT2D eigenvalue weighted by atomic mass is 10.0. The molecule has 0 saturated heterocycles. The molecule has 1 aromatic rings. The number of halogens is 2. The van der Waals surface area contributed by atoms with Crippen molar-refractivity contribution in [2.45, 2.75) is 32.5 Å². The molecule has 1 rings (SSSR count). The van der Waals surface area contributed by atoms with Gasteiger partial charge in [-0.1, -0.05) is 18.5 Å². The van der Waals surface area contributed by atoms with Crippen LogP contribution < -0.4 is 0 Å². The van der Waals surface area contributed by atoms with Crippen LogP contribution in [0.5, 0.6) is 0 Å². The topological polar surface area (TPSA) is 29.5 Å². The summed E-state index contributed by atoms with van der Waals surface area (Å²) in [4.78, 5) is 0. The Labute approximate surface area is 100.0 Å². The lowest BCUT2D eigenvalue weighted by Crippen LogP contribution is -2.21. The van der Waals surface area contributed by atoms with Gasteiger partial charge >= 0.3 is 0 Å². The minimum absolute atomic E-state index is 0.354. The van der Waals surface area contributed by atoms with Crippen molar-refractivity contribution in [3.8, 4) is 0 Å². The highest BCUT2D eigenvalue weighted by Crippen LogP contribution is 2.28. The SMILES string of the molecule is CCOC(CC)C(O)c1cc(F)ccc1Cl. The van der Waals surface area contributed by atoms with Gasteiger partial charge in [-0.3, -0.25) is 0 Å². The lowest BCUT2D eigenvalue weighted by Gasteiger charge is -2.22. The fraction of sp³-hybridized carbons (Fsp3) is 0.500. The summed E-state index contributed by atoms with van der Waals surface area (Å²) in [5.41, 5.74) is 0.377. The molecule has 0 spiro atoms. The molecule has 0 aromatic heterocycles. The van der Waals surface area contributed by atoms with E-state index in [2.05, 4.69) is 0 Å². The van der Waals surface area contributed by atoms with Crippen LogP contribution in [0.2, 0.25) is 5.02 Å². The van der Waals surface area contributed by atoms with Gasteiger partial charge in [0.15, 0.2) is 0 Å². The Morgan fingerprint density at radius 2 is 2.12 bits per heavy atom. The second kappa shape index (κ2) is 6.18. The van der Waals surface area contributed by atoms with E-state index in [1.54, 1.807) is 0 Å². The Kier molecular flexibility index (Phi) is 5.19. The fourth-order valence-electron chi connectivity index (χ4n) is 1.59. The number of aliphatic hydroxyl groups is 1. The maximum Gasteiger partial charge on any atom is 0.123 e. The van der Waals surface area contributed by atoms with Crippen LogP contribution in [-0.4, -0.2) is 17.8 Å². The van der Waals surface area contributed by atoms with Crippen LogP contribution >= 0.6 is 11.6 Å². The van der Waals surface area contributed by atoms with E-state index in [1.165, 1.54) is 18.2 Å². The largest absolute Gasteiger partial charge is 0.386 e. The smallest absolute Gasteiger partial charge is 0.123 e. The van der Waals surface area contributed by atoms with Crippen LogP contribution in [0, 0.1) is 5.82 Å². The van der Waals surface area contributed by atoms with E-state index in [4.69, 9.17) is 16.3 Å². The van der Waals surface area contributed by atoms with Gasteiger partial charge in [0.05, 0.1) is 6.10 Å². The van der Waals surface area contributed by atoms with E-state index < -0.39 is 11.9 Å². The van der Waals surface area contributed by atoms with E-state index in [-0.39, 0.29) is 6.10 Å². The molecule has 0 amide bonds. The van der Waals surface area contributed by atoms with Crippen molar-refractivity contribution >= 4 is 11.6 Å². The van der Waals surface area contributed by atoms with Crippen LogP contribution in [0.15, 0.2) is 18.2 Å². The first kappa shape index (κ1) is 13.4. The second-order valence-electron chi connectivity index (χ2n) is 3.51. The summed E-state index contributed by atoms with van der Waals surface area (Å²) >= 11 is 5.91. The lowest BCUT2D eigenvalue weighted by molar-refractivity contribution is -0.0356. The quantitative estimate of drug-likeness (QED) is 0.864. The summed E-state index contributed by atoms with van der Waals surface area (Å²) < 4.78 is 18.4. The van der Waals surface area contributed by atoms with E-state index in [0.717, 1.165) is 0 Å². The fourth-order valence-corrected chi connectivity index (χ4v) is 1.82. The number of rotatable bonds is 5. The zero-order valence-corrected chi connectivity index (χ0v) is 10.2. The molecule has 4 heteroatoms. The molecule has 0 aliphatic rings. The van der Waals surface area contributed by atoms with Crippen molar-refractivity contribution in [3.05, 3.63) is 34.6 Å². The van der Waals surface area contributed by atoms with Crippen molar-refractivity contribution in [3.63, 3.8) is 0 Å². The van der Waals surface area contributed by atoms with E-state index in [0.29, 0.717) is 23.6 Å². The standard InChI is InChI=1S/C12H16ClFO2/c1-3-11(16-4-2)12(15)9-7-8(14)5-6-10(9)13/h5-7,11-12,15H,3-4H2,1-2H3. The van der Waals surface area contributed by atoms with Crippen molar-refractivity contribution in [1.29, 1.82) is 0 Å². The Morgan fingerprint density at radius 3 is 2.69 bits per heavy atom. The van der Waals surface area contributed by atoms with Gasteiger partial charge in [-0.15, -0.1) is 0 Å². The zero-order chi connectivity index (χ0) is 12.1. The Balaban J connectivity index is 2.93. The third kappa shape index (κ3) is 3.17. The molecule has 90 valence electrons. The average Bonchev–Trinajstić information content (AvgIpc) is 2.28. The van der Waals surface area contributed by atoms with Gasteiger partial charge in [-0.25, -0.2) is 4.39 Å². The molecule has 0 radical (unpaired) electrons. The van der Waals surface area contributed by atoms with Crippen molar-refractivity contribution in [1.82, 2.24) is 0 Å². The predicted octanol–water partition coefficient (Wildman–Crippen LogP) is 3.33. The molecule has 0 aliphatic heterocycles. The Hall–Kier alpha value is -0.640. The Morgan fingerprint density at radius 1 is 1.44 bits per heavy atom. The van der Waals surface area contributed by atoms with Crippen molar-refractivity contribution < 1.29 is 14.2 Å². The summed E-state index contributed by atoms with van der Waals surface area (Å²) in [6.07, 6.45) is -0.612. The minimum Gasteiger partial charge on any atom is -0.386 e. The number of benzene rings is 1. The Bertz CT molecular complexity index is 344. The van der Waals surface area contributed by atoms with Crippen LogP contribution in [0.1, 0.15) is 31.9 Å². The summed E-state index contributed by atoms with van der Waals surface area (Å²) in [7, 11) is 0. The maximum atomic E-state index is 13.1. The van der Waals surface area contributed by atoms with Gasteiger partial charge in [-0.05, 0) is 31.5 Å². The van der Waals surface area contributed by atoms with Gasteiger partial charge in [0.25, 0.3) is 0 Å². The maximum absolute atomic E-state index is 13.1. The van der Waals surface area contributed by atoms with Gasteiger partial charge < -0.3 is 9.84 Å². The summed E-state index contributed by atoms with van der Waals surface area (Å²) in [5.74, 6) is -0.412. The highest BCUT2D eigenvalue weighted by molar-refractivity contribution is 6.31. The molecule has 0 fully saturated rings. The zero-order valence-electron chi connectivity index (χ0n) is 9.41. The highest BCUT2D eigenvalue weighted by Gasteiger charge is 2.22. The number of hydrogen-bond donors (Lipinski definition) is 1. The molecule has 2 nitrogen and oxygen atoms in total. The molecule has 0 aliphatic carbocycles. The molecule has 1 N–H and O–H groups in total. The molecule has 2 unspecified atom stereocenters. The van der Waals surface area contributed by atoms with Gasteiger partial charge in [0.2, 0.25) is 0 Å². The molecule has 2 atom stereocenters. The first-order valence-electron chi connectivity index (χ1n) is 5.34. The average molecular weight is 247 g/mol. The van der Waals surface area contributed by atoms with E-state index in [9.17, 15) is 9.50 Å². The molecule has 0 saturated carbocycles. The van der Waals surface area contributed by atoms with Gasteiger partial charge in [0, 0.05) is 17.2 Å². The van der Waals surface area contributed by atoms with Gasteiger partial charge in [-0.2, -0.15) is 0 Å². The van der Waals surface area contributed by atoms with Crippen LogP contribution in [-0.2, 0) is 4.74 Å². The van der Waals surface area contributed by atoms with E-state index in [1.807, 2.05) is 13.8 Å². The molecule has 0 bridgehead atoms. The van der Waals surface area contributed by atoms with Crippen molar-refractivity contribution in [2.75, 3.05) is 6.61 Å². The molecule has 0 heterocycles. The summed E-state index contributed by atoms with van der Waals surface area (Å²) in [6.45, 7) is 4.25. The van der Waals surface area contributed by atoms with Gasteiger partial charge in [0.1, 0.15) is 11.9 Å². The molecule has 16 heavy (non-hydrogen) atoms. The predicted molar refractivity (Wildman–Crippen MR) is 62.1 cm³/mol. The summed E-state index contributed by atoms with van der Waals surface area (Å²) in [6, 6.07) is 3.95. The molecular weight excluding hydrogens is 231 g/mol. The minimum atomic E-state index is -0.895. The highest BCUT2D eigenvalue weighted by atomic mass is 35.5. The second-order valence-corrected chi connectivity index (χ2v) is 3.92. The first-order chi connectivity index (χ1) is 7.60. The van der Waals surface area contributed by atoms with Crippen LogP contribution in [0.3, 0.4) is 0 Å². The molecular formula is C12H16ClFO2.